The van der Waals surface area contributed by atoms with Crippen LogP contribution < -0.4 is 0 Å². The van der Waals surface area contributed by atoms with Gasteiger partial charge < -0.3 is 9.80 Å². The van der Waals surface area contributed by atoms with Crippen LogP contribution in [0.15, 0.2) is 24.4 Å². The Morgan fingerprint density at radius 1 is 1.24 bits per heavy atom. The van der Waals surface area contributed by atoms with E-state index < -0.39 is 0 Å². The van der Waals surface area contributed by atoms with E-state index in [2.05, 4.69) is 33.5 Å². The third-order valence-corrected chi connectivity index (χ3v) is 4.86. The summed E-state index contributed by atoms with van der Waals surface area (Å²) in [6, 6.07) is 5.95. The Morgan fingerprint density at radius 2 is 1.92 bits per heavy atom. The number of hydrogen-bond acceptors (Lipinski definition) is 4. The van der Waals surface area contributed by atoms with Crippen LogP contribution in [0, 0.1) is 13.8 Å². The molecule has 1 aliphatic rings. The van der Waals surface area contributed by atoms with Crippen LogP contribution in [-0.2, 0) is 6.54 Å². The summed E-state index contributed by atoms with van der Waals surface area (Å²) in [5.74, 6) is 0.0746. The van der Waals surface area contributed by atoms with Crippen LogP contribution >= 0.6 is 0 Å². The Balaban J connectivity index is 1.85. The van der Waals surface area contributed by atoms with Gasteiger partial charge in [0.2, 0.25) is 0 Å². The number of amides is 1. The van der Waals surface area contributed by atoms with Crippen molar-refractivity contribution in [1.29, 1.82) is 0 Å². The second-order valence-electron chi connectivity index (χ2n) is 6.73. The lowest BCUT2D eigenvalue weighted by atomic mass is 10.1. The molecule has 3 rings (SSSR count). The summed E-state index contributed by atoms with van der Waals surface area (Å²) in [7, 11) is 0. The van der Waals surface area contributed by atoms with Gasteiger partial charge in [0.05, 0.1) is 18.3 Å². The summed E-state index contributed by atoms with van der Waals surface area (Å²) < 4.78 is 2.09. The highest BCUT2D eigenvalue weighted by Crippen LogP contribution is 2.23. The molecule has 1 aliphatic heterocycles. The maximum Gasteiger partial charge on any atom is 0.254 e. The minimum atomic E-state index is 0.0746. The predicted molar refractivity (Wildman–Crippen MR) is 97.5 cm³/mol. The van der Waals surface area contributed by atoms with E-state index in [1.165, 1.54) is 0 Å². The Kier molecular flexibility index (Phi) is 5.18. The Bertz CT molecular complexity index is 730. The number of aryl methyl sites for hydroxylation is 2. The maximum absolute atomic E-state index is 13.1. The van der Waals surface area contributed by atoms with Crippen molar-refractivity contribution in [2.45, 2.75) is 40.3 Å². The molecule has 0 N–H and O–H groups in total. The van der Waals surface area contributed by atoms with E-state index in [0.717, 1.165) is 42.3 Å². The van der Waals surface area contributed by atoms with E-state index in [4.69, 9.17) is 0 Å². The Hall–Kier alpha value is -2.21. The first-order valence-corrected chi connectivity index (χ1v) is 9.01. The molecule has 134 valence electrons. The molecular weight excluding hydrogens is 314 g/mol. The minimum absolute atomic E-state index is 0.0746. The fourth-order valence-corrected chi connectivity index (χ4v) is 3.60. The number of hydrogen-bond donors (Lipinski definition) is 0. The van der Waals surface area contributed by atoms with E-state index in [0.29, 0.717) is 13.1 Å². The molecule has 0 aliphatic carbocycles. The van der Waals surface area contributed by atoms with Crippen LogP contribution in [-0.4, -0.2) is 56.7 Å². The van der Waals surface area contributed by atoms with Crippen LogP contribution in [0.5, 0.6) is 0 Å². The summed E-state index contributed by atoms with van der Waals surface area (Å²) in [5.41, 5.74) is 3.58. The quantitative estimate of drug-likeness (QED) is 0.838. The molecule has 1 atom stereocenters. The Labute approximate surface area is 149 Å². The van der Waals surface area contributed by atoms with E-state index in [1.807, 2.05) is 43.1 Å². The highest BCUT2D eigenvalue weighted by molar-refractivity contribution is 5.94. The first-order valence-electron chi connectivity index (χ1n) is 9.01. The highest BCUT2D eigenvalue weighted by Gasteiger charge is 2.30. The number of fused-ring (bicyclic) bond motifs is 1. The SMILES string of the molecule is CCN(CC)C[C@H]1CN(C(=O)c2cc(C)nc(C)c2)Cc2ccnn21. The summed E-state index contributed by atoms with van der Waals surface area (Å²) >= 11 is 0. The molecule has 6 nitrogen and oxygen atoms in total. The molecule has 2 aromatic rings. The van der Waals surface area contributed by atoms with Crippen LogP contribution in [0.3, 0.4) is 0 Å². The van der Waals surface area contributed by atoms with Crippen molar-refractivity contribution in [2.75, 3.05) is 26.2 Å². The van der Waals surface area contributed by atoms with Gasteiger partial charge in [0.25, 0.3) is 5.91 Å². The average Bonchev–Trinajstić information content (AvgIpc) is 3.06. The smallest absolute Gasteiger partial charge is 0.254 e. The van der Waals surface area contributed by atoms with Gasteiger partial charge in [0, 0.05) is 36.2 Å². The van der Waals surface area contributed by atoms with E-state index >= 15 is 0 Å². The van der Waals surface area contributed by atoms with Crippen molar-refractivity contribution in [1.82, 2.24) is 24.6 Å². The molecular formula is C19H27N5O. The molecule has 0 spiro atoms. The van der Waals surface area contributed by atoms with Gasteiger partial charge in [-0.1, -0.05) is 13.8 Å². The first-order chi connectivity index (χ1) is 12.0. The minimum Gasteiger partial charge on any atom is -0.331 e. The van der Waals surface area contributed by atoms with Gasteiger partial charge in [-0.25, -0.2) is 0 Å². The Morgan fingerprint density at radius 3 is 2.56 bits per heavy atom. The molecule has 2 aromatic heterocycles. The lowest BCUT2D eigenvalue weighted by molar-refractivity contribution is 0.0642. The fraction of sp³-hybridized carbons (Fsp3) is 0.526. The lowest BCUT2D eigenvalue weighted by Gasteiger charge is -2.36. The van der Waals surface area contributed by atoms with E-state index in [1.54, 1.807) is 0 Å². The van der Waals surface area contributed by atoms with Crippen molar-refractivity contribution in [3.05, 3.63) is 47.0 Å². The van der Waals surface area contributed by atoms with Gasteiger partial charge in [0.1, 0.15) is 0 Å². The second kappa shape index (κ2) is 7.35. The summed E-state index contributed by atoms with van der Waals surface area (Å²) in [5, 5.41) is 4.50. The topological polar surface area (TPSA) is 54.3 Å². The largest absolute Gasteiger partial charge is 0.331 e. The van der Waals surface area contributed by atoms with Crippen molar-refractivity contribution in [2.24, 2.45) is 0 Å². The van der Waals surface area contributed by atoms with Gasteiger partial charge in [0.15, 0.2) is 0 Å². The fourth-order valence-electron chi connectivity index (χ4n) is 3.60. The highest BCUT2D eigenvalue weighted by atomic mass is 16.2. The third-order valence-electron chi connectivity index (χ3n) is 4.86. The molecule has 0 unspecified atom stereocenters. The molecule has 0 bridgehead atoms. The zero-order valence-corrected chi connectivity index (χ0v) is 15.6. The van der Waals surface area contributed by atoms with Crippen molar-refractivity contribution < 1.29 is 4.79 Å². The number of carbonyl (C=O) groups excluding carboxylic acids is 1. The summed E-state index contributed by atoms with van der Waals surface area (Å²) in [6.07, 6.45) is 1.83. The molecule has 0 radical (unpaired) electrons. The van der Waals surface area contributed by atoms with Crippen molar-refractivity contribution in [3.8, 4) is 0 Å². The first kappa shape index (κ1) is 17.6. The van der Waals surface area contributed by atoms with Gasteiger partial charge in [-0.05, 0) is 45.1 Å². The molecule has 25 heavy (non-hydrogen) atoms. The maximum atomic E-state index is 13.1. The number of pyridine rings is 1. The average molecular weight is 341 g/mol. The van der Waals surface area contributed by atoms with Crippen LogP contribution in [0.25, 0.3) is 0 Å². The normalized spacial score (nSPS) is 17.0. The zero-order chi connectivity index (χ0) is 18.0. The van der Waals surface area contributed by atoms with Crippen LogP contribution in [0.4, 0.5) is 0 Å². The number of aromatic nitrogens is 3. The van der Waals surface area contributed by atoms with Gasteiger partial charge in [-0.3, -0.25) is 14.5 Å². The molecule has 0 fully saturated rings. The van der Waals surface area contributed by atoms with E-state index in [-0.39, 0.29) is 11.9 Å². The number of rotatable bonds is 5. The molecule has 0 saturated heterocycles. The molecule has 0 aromatic carbocycles. The number of nitrogens with zero attached hydrogens (tertiary/aromatic N) is 5. The molecule has 1 amide bonds. The van der Waals surface area contributed by atoms with Crippen molar-refractivity contribution in [3.63, 3.8) is 0 Å². The third kappa shape index (κ3) is 3.74. The predicted octanol–water partition coefficient (Wildman–Crippen LogP) is 2.43. The summed E-state index contributed by atoms with van der Waals surface area (Å²) in [4.78, 5) is 21.8. The van der Waals surface area contributed by atoms with Crippen LogP contribution in [0.1, 0.15) is 47.3 Å². The van der Waals surface area contributed by atoms with Gasteiger partial charge in [-0.15, -0.1) is 0 Å². The monoisotopic (exact) mass is 341 g/mol. The van der Waals surface area contributed by atoms with Gasteiger partial charge in [-0.2, -0.15) is 5.10 Å². The number of carbonyl (C=O) groups is 1. The standard InChI is InChI=1S/C19H27N5O/c1-5-22(6-2)11-18-13-23(12-17-7-8-20-24(17)18)19(25)16-9-14(3)21-15(4)10-16/h7-10,18H,5-6,11-13H2,1-4H3/t18-/m0/s1. The van der Waals surface area contributed by atoms with Gasteiger partial charge >= 0.3 is 0 Å². The number of likely N-dealkylation sites (N-methyl/N-ethyl adjacent to an activating group) is 1. The van der Waals surface area contributed by atoms with E-state index in [9.17, 15) is 4.79 Å². The lowest BCUT2D eigenvalue weighted by Crippen LogP contribution is -2.45. The molecule has 0 saturated carbocycles. The molecule has 3 heterocycles. The second-order valence-corrected chi connectivity index (χ2v) is 6.73. The molecule has 6 heteroatoms. The summed E-state index contributed by atoms with van der Waals surface area (Å²) in [6.45, 7) is 12.4. The zero-order valence-electron chi connectivity index (χ0n) is 15.6. The van der Waals surface area contributed by atoms with Crippen molar-refractivity contribution >= 4 is 5.91 Å². The van der Waals surface area contributed by atoms with Crippen LogP contribution in [0.2, 0.25) is 0 Å².